The summed E-state index contributed by atoms with van der Waals surface area (Å²) in [5.41, 5.74) is -0.942. The molecule has 108 valence electrons. The molecule has 0 aliphatic carbocycles. The Morgan fingerprint density at radius 2 is 2.35 bits per heavy atom. The lowest BCUT2D eigenvalue weighted by atomic mass is 9.99. The second-order valence-corrected chi connectivity index (χ2v) is 5.50. The van der Waals surface area contributed by atoms with Crippen LogP contribution in [0, 0.1) is 0 Å². The summed E-state index contributed by atoms with van der Waals surface area (Å²) in [7, 11) is 3.21. The summed E-state index contributed by atoms with van der Waals surface area (Å²) in [4.78, 5) is 24.0. The number of amides is 1. The SMILES string of the molecule is COc1nc(Cl)cc(N2C[C@@H]3C[C@@]2(CO)C(=O)N3C)n1. The molecule has 2 fully saturated rings. The van der Waals surface area contributed by atoms with Crippen LogP contribution in [0.25, 0.3) is 0 Å². The van der Waals surface area contributed by atoms with Gasteiger partial charge in [-0.15, -0.1) is 0 Å². The van der Waals surface area contributed by atoms with Gasteiger partial charge in [0, 0.05) is 26.1 Å². The van der Waals surface area contributed by atoms with E-state index in [2.05, 4.69) is 9.97 Å². The third kappa shape index (κ3) is 1.66. The van der Waals surface area contributed by atoms with Crippen LogP contribution >= 0.6 is 11.6 Å². The number of aromatic nitrogens is 2. The molecule has 3 rings (SSSR count). The smallest absolute Gasteiger partial charge is 0.319 e. The van der Waals surface area contributed by atoms with E-state index in [9.17, 15) is 9.90 Å². The van der Waals surface area contributed by atoms with Gasteiger partial charge in [-0.2, -0.15) is 9.97 Å². The average Bonchev–Trinajstić information content (AvgIpc) is 2.95. The topological polar surface area (TPSA) is 78.8 Å². The molecule has 1 amide bonds. The van der Waals surface area contributed by atoms with Crippen molar-refractivity contribution in [2.45, 2.75) is 18.0 Å². The normalized spacial score (nSPS) is 28.4. The lowest BCUT2D eigenvalue weighted by molar-refractivity contribution is -0.134. The number of rotatable bonds is 3. The molecule has 2 atom stereocenters. The molecule has 0 spiro atoms. The number of ether oxygens (including phenoxy) is 1. The van der Waals surface area contributed by atoms with Crippen LogP contribution in [-0.4, -0.2) is 64.8 Å². The van der Waals surface area contributed by atoms with E-state index >= 15 is 0 Å². The lowest BCUT2D eigenvalue weighted by Crippen LogP contribution is -2.59. The Kier molecular flexibility index (Phi) is 2.98. The first-order chi connectivity index (χ1) is 9.51. The molecule has 20 heavy (non-hydrogen) atoms. The van der Waals surface area contributed by atoms with Crippen molar-refractivity contribution in [3.8, 4) is 6.01 Å². The van der Waals surface area contributed by atoms with Gasteiger partial charge < -0.3 is 19.6 Å². The van der Waals surface area contributed by atoms with Gasteiger partial charge in [-0.05, 0) is 0 Å². The van der Waals surface area contributed by atoms with Gasteiger partial charge in [0.1, 0.15) is 16.5 Å². The fourth-order valence-corrected chi connectivity index (χ4v) is 3.22. The molecular formula is C12H15ClN4O3. The predicted octanol–water partition coefficient (Wildman–Crippen LogP) is -0.0796. The maximum Gasteiger partial charge on any atom is 0.319 e. The fourth-order valence-electron chi connectivity index (χ4n) is 3.05. The number of anilines is 1. The van der Waals surface area contributed by atoms with Crippen molar-refractivity contribution in [2.75, 3.05) is 32.2 Å². The van der Waals surface area contributed by atoms with Crippen LogP contribution < -0.4 is 9.64 Å². The number of carbonyl (C=O) groups excluding carboxylic acids is 1. The molecule has 0 aromatic carbocycles. The Balaban J connectivity index is 2.03. The van der Waals surface area contributed by atoms with Crippen LogP contribution in [-0.2, 0) is 4.79 Å². The summed E-state index contributed by atoms with van der Waals surface area (Å²) in [6, 6.07) is 1.80. The van der Waals surface area contributed by atoms with E-state index < -0.39 is 5.54 Å². The van der Waals surface area contributed by atoms with Crippen molar-refractivity contribution >= 4 is 23.3 Å². The van der Waals surface area contributed by atoms with Crippen molar-refractivity contribution in [2.24, 2.45) is 0 Å². The van der Waals surface area contributed by atoms with E-state index in [4.69, 9.17) is 16.3 Å². The highest BCUT2D eigenvalue weighted by Crippen LogP contribution is 2.42. The molecule has 3 heterocycles. The highest BCUT2D eigenvalue weighted by Gasteiger charge is 2.60. The number of carbonyl (C=O) groups is 1. The van der Waals surface area contributed by atoms with Crippen molar-refractivity contribution in [1.82, 2.24) is 14.9 Å². The Bertz CT molecular complexity index is 570. The molecule has 2 bridgehead atoms. The summed E-state index contributed by atoms with van der Waals surface area (Å²) in [5.74, 6) is 0.407. The summed E-state index contributed by atoms with van der Waals surface area (Å²) in [6.07, 6.45) is 0.586. The van der Waals surface area contributed by atoms with E-state index in [0.717, 1.165) is 0 Å². The highest BCUT2D eigenvalue weighted by atomic mass is 35.5. The number of likely N-dealkylation sites (N-methyl/N-ethyl adjacent to an activating group) is 1. The van der Waals surface area contributed by atoms with Gasteiger partial charge in [0.05, 0.1) is 19.8 Å². The zero-order valence-corrected chi connectivity index (χ0v) is 12.0. The molecule has 0 saturated carbocycles. The zero-order chi connectivity index (χ0) is 14.5. The highest BCUT2D eigenvalue weighted by molar-refractivity contribution is 6.29. The van der Waals surface area contributed by atoms with Crippen LogP contribution in [0.3, 0.4) is 0 Å². The molecule has 0 unspecified atom stereocenters. The first kappa shape index (κ1) is 13.4. The Morgan fingerprint density at radius 1 is 1.60 bits per heavy atom. The third-order valence-corrected chi connectivity index (χ3v) is 4.32. The predicted molar refractivity (Wildman–Crippen MR) is 71.9 cm³/mol. The first-order valence-corrected chi connectivity index (χ1v) is 6.64. The molecular weight excluding hydrogens is 284 g/mol. The van der Waals surface area contributed by atoms with Crippen molar-refractivity contribution in [3.05, 3.63) is 11.2 Å². The minimum atomic E-state index is -0.942. The van der Waals surface area contributed by atoms with Gasteiger partial charge in [-0.25, -0.2) is 0 Å². The lowest BCUT2D eigenvalue weighted by Gasteiger charge is -2.39. The first-order valence-electron chi connectivity index (χ1n) is 6.26. The maximum absolute atomic E-state index is 12.4. The Morgan fingerprint density at radius 3 is 2.95 bits per heavy atom. The summed E-state index contributed by atoms with van der Waals surface area (Å²) in [5, 5.41) is 10.0. The second kappa shape index (κ2) is 4.46. The van der Waals surface area contributed by atoms with Crippen LogP contribution in [0.2, 0.25) is 5.15 Å². The molecule has 8 heteroatoms. The number of aliphatic hydroxyl groups is 1. The van der Waals surface area contributed by atoms with Crippen LogP contribution in [0.4, 0.5) is 5.82 Å². The second-order valence-electron chi connectivity index (χ2n) is 5.11. The van der Waals surface area contributed by atoms with Gasteiger partial charge in [-0.1, -0.05) is 11.6 Å². The number of likely N-dealkylation sites (tertiary alicyclic amines) is 1. The number of piperazine rings is 1. The molecule has 2 aliphatic rings. The van der Waals surface area contributed by atoms with Crippen LogP contribution in [0.5, 0.6) is 6.01 Å². The number of hydrogen-bond acceptors (Lipinski definition) is 6. The minimum absolute atomic E-state index is 0.0781. The summed E-state index contributed by atoms with van der Waals surface area (Å²) < 4.78 is 5.00. The molecule has 1 N–H and O–H groups in total. The minimum Gasteiger partial charge on any atom is -0.467 e. The number of aliphatic hydroxyl groups excluding tert-OH is 1. The van der Waals surface area contributed by atoms with E-state index in [1.807, 2.05) is 0 Å². The van der Waals surface area contributed by atoms with Gasteiger partial charge in [0.25, 0.3) is 5.91 Å². The molecule has 1 aromatic rings. The van der Waals surface area contributed by atoms with Gasteiger partial charge in [0.2, 0.25) is 0 Å². The summed E-state index contributed by atoms with van der Waals surface area (Å²) >= 11 is 5.95. The van der Waals surface area contributed by atoms with Crippen molar-refractivity contribution in [1.29, 1.82) is 0 Å². The molecule has 2 aliphatic heterocycles. The third-order valence-electron chi connectivity index (χ3n) is 4.13. The van der Waals surface area contributed by atoms with Gasteiger partial charge in [-0.3, -0.25) is 4.79 Å². The number of hydrogen-bond donors (Lipinski definition) is 1. The van der Waals surface area contributed by atoms with Gasteiger partial charge >= 0.3 is 6.01 Å². The van der Waals surface area contributed by atoms with Crippen molar-refractivity contribution in [3.63, 3.8) is 0 Å². The Labute approximate surface area is 121 Å². The standard InChI is InChI=1S/C12H15ClN4O3/c1-16-7-4-12(6-18,10(16)19)17(5-7)9-3-8(13)14-11(15-9)20-2/h3,7,18H,4-6H2,1-2H3/t7-,12+/m0/s1. The van der Waals surface area contributed by atoms with E-state index in [1.165, 1.54) is 7.11 Å². The molecule has 0 radical (unpaired) electrons. The fraction of sp³-hybridized carbons (Fsp3) is 0.583. The largest absolute Gasteiger partial charge is 0.467 e. The van der Waals surface area contributed by atoms with Crippen LogP contribution in [0.15, 0.2) is 6.07 Å². The van der Waals surface area contributed by atoms with Gasteiger partial charge in [0.15, 0.2) is 0 Å². The molecule has 7 nitrogen and oxygen atoms in total. The molecule has 2 saturated heterocycles. The summed E-state index contributed by atoms with van der Waals surface area (Å²) in [6.45, 7) is 0.357. The monoisotopic (exact) mass is 298 g/mol. The van der Waals surface area contributed by atoms with Crippen molar-refractivity contribution < 1.29 is 14.6 Å². The van der Waals surface area contributed by atoms with E-state index in [1.54, 1.807) is 22.9 Å². The quantitative estimate of drug-likeness (QED) is 0.787. The maximum atomic E-state index is 12.4. The Hall–Kier alpha value is -1.60. The number of methoxy groups -OCH3 is 1. The number of fused-ring (bicyclic) bond motifs is 2. The number of halogens is 1. The number of nitrogens with zero attached hydrogens (tertiary/aromatic N) is 4. The van der Waals surface area contributed by atoms with E-state index in [-0.39, 0.29) is 29.7 Å². The molecule has 1 aromatic heterocycles. The zero-order valence-electron chi connectivity index (χ0n) is 11.2. The van der Waals surface area contributed by atoms with E-state index in [0.29, 0.717) is 18.8 Å². The average molecular weight is 299 g/mol. The van der Waals surface area contributed by atoms with Crippen LogP contribution in [0.1, 0.15) is 6.42 Å².